The highest BCUT2D eigenvalue weighted by molar-refractivity contribution is 5.45. The Morgan fingerprint density at radius 2 is 1.50 bits per heavy atom. The van der Waals surface area contributed by atoms with Crippen LogP contribution in [0.3, 0.4) is 0 Å². The third kappa shape index (κ3) is 7.73. The molecular formula is C24H38O4. The summed E-state index contributed by atoms with van der Waals surface area (Å²) in [5, 5.41) is 20.3. The van der Waals surface area contributed by atoms with E-state index in [0.29, 0.717) is 11.9 Å². The molecule has 2 N–H and O–H groups in total. The van der Waals surface area contributed by atoms with Crippen LogP contribution < -0.4 is 0 Å². The molecule has 158 valence electrons. The van der Waals surface area contributed by atoms with Gasteiger partial charge in [-0.05, 0) is 80.4 Å². The molecule has 0 aromatic heterocycles. The van der Waals surface area contributed by atoms with Crippen LogP contribution in [0.1, 0.15) is 96.1 Å². The Hall–Kier alpha value is -1.71. The van der Waals surface area contributed by atoms with Gasteiger partial charge in [0.15, 0.2) is 0 Å². The number of ether oxygens (including phenoxy) is 1. The van der Waals surface area contributed by atoms with Crippen LogP contribution in [0.25, 0.3) is 0 Å². The molecule has 0 radical (unpaired) electrons. The zero-order chi connectivity index (χ0) is 20.6. The number of unbranched alkanes of at least 4 members (excludes halogenated alkanes) is 4. The second-order valence-corrected chi connectivity index (χ2v) is 9.69. The third-order valence-electron chi connectivity index (χ3n) is 5.84. The number of aromatic hydroxyl groups is 2. The molecule has 1 fully saturated rings. The number of carbonyl (C=O) groups excluding carboxylic acids is 1. The van der Waals surface area contributed by atoms with Crippen molar-refractivity contribution in [2.24, 2.45) is 5.41 Å². The van der Waals surface area contributed by atoms with E-state index in [4.69, 9.17) is 4.74 Å². The maximum absolute atomic E-state index is 10.5. The highest BCUT2D eigenvalue weighted by atomic mass is 16.5. The highest BCUT2D eigenvalue weighted by Crippen LogP contribution is 2.43. The summed E-state index contributed by atoms with van der Waals surface area (Å²) in [5.74, 6) is 0.399. The van der Waals surface area contributed by atoms with Gasteiger partial charge in [-0.1, -0.05) is 40.0 Å². The smallest absolute Gasteiger partial charge is 0.293 e. The van der Waals surface area contributed by atoms with Gasteiger partial charge in [-0.3, -0.25) is 4.79 Å². The van der Waals surface area contributed by atoms with Crippen LogP contribution in [-0.2, 0) is 22.4 Å². The number of phenols is 2. The van der Waals surface area contributed by atoms with Crippen LogP contribution in [0, 0.1) is 5.41 Å². The normalized spacial score (nSPS) is 15.4. The number of benzene rings is 1. The summed E-state index contributed by atoms with van der Waals surface area (Å²) in [6.45, 7) is 7.38. The maximum Gasteiger partial charge on any atom is 0.293 e. The van der Waals surface area contributed by atoms with Gasteiger partial charge in [0.2, 0.25) is 0 Å². The summed E-state index contributed by atoms with van der Waals surface area (Å²) >= 11 is 0. The molecule has 1 aliphatic carbocycles. The van der Waals surface area contributed by atoms with Crippen molar-refractivity contribution in [2.75, 3.05) is 0 Å². The zero-order valence-corrected chi connectivity index (χ0v) is 17.9. The summed E-state index contributed by atoms with van der Waals surface area (Å²) in [4.78, 5) is 10.5. The molecule has 0 atom stereocenters. The van der Waals surface area contributed by atoms with E-state index >= 15 is 0 Å². The van der Waals surface area contributed by atoms with Gasteiger partial charge in [-0.25, -0.2) is 0 Å². The molecule has 4 nitrogen and oxygen atoms in total. The lowest BCUT2D eigenvalue weighted by molar-refractivity contribution is -0.135. The van der Waals surface area contributed by atoms with Crippen molar-refractivity contribution in [1.82, 2.24) is 0 Å². The molecule has 0 bridgehead atoms. The second kappa shape index (κ2) is 10.2. The summed E-state index contributed by atoms with van der Waals surface area (Å²) < 4.78 is 5.18. The number of hydrogen-bond acceptors (Lipinski definition) is 4. The molecule has 1 saturated carbocycles. The van der Waals surface area contributed by atoms with Gasteiger partial charge in [0.25, 0.3) is 6.47 Å². The predicted octanol–water partition coefficient (Wildman–Crippen LogP) is 6.06. The fraction of sp³-hybridized carbons (Fsp3) is 0.708. The number of phenolic OH excluding ortho intramolecular Hbond substituents is 2. The molecule has 1 aliphatic rings. The van der Waals surface area contributed by atoms with E-state index in [1.165, 1.54) is 18.9 Å². The molecular weight excluding hydrogens is 352 g/mol. The van der Waals surface area contributed by atoms with Gasteiger partial charge in [0.05, 0.1) is 0 Å². The summed E-state index contributed by atoms with van der Waals surface area (Å²) in [6, 6.07) is 3.48. The lowest BCUT2D eigenvalue weighted by atomic mass is 9.89. The second-order valence-electron chi connectivity index (χ2n) is 9.69. The molecule has 4 heteroatoms. The van der Waals surface area contributed by atoms with E-state index in [-0.39, 0.29) is 17.1 Å². The van der Waals surface area contributed by atoms with Gasteiger partial charge in [0.1, 0.15) is 17.1 Å². The molecule has 2 rings (SSSR count). The van der Waals surface area contributed by atoms with E-state index in [2.05, 4.69) is 20.8 Å². The molecule has 0 spiro atoms. The fourth-order valence-corrected chi connectivity index (χ4v) is 3.83. The topological polar surface area (TPSA) is 66.8 Å². The number of rotatable bonds is 13. The van der Waals surface area contributed by atoms with Crippen molar-refractivity contribution in [1.29, 1.82) is 0 Å². The van der Waals surface area contributed by atoms with E-state index in [9.17, 15) is 15.0 Å². The van der Waals surface area contributed by atoms with Crippen molar-refractivity contribution in [3.05, 3.63) is 23.3 Å². The first kappa shape index (κ1) is 22.6. The van der Waals surface area contributed by atoms with Crippen LogP contribution in [0.5, 0.6) is 11.5 Å². The molecule has 0 aliphatic heterocycles. The molecule has 0 unspecified atom stereocenters. The summed E-state index contributed by atoms with van der Waals surface area (Å²) in [7, 11) is 0. The standard InChI is InChI=1S/C24H38O4/c1-23(2,3)12-8-4-6-10-19-16-20(22(27)17-21(19)26)11-7-5-9-13-24(14-15-24)28-18-25/h16-18,26-27H,4-15H2,1-3H3. The number of aryl methyl sites for hydroxylation is 2. The quantitative estimate of drug-likeness (QED) is 0.317. The van der Waals surface area contributed by atoms with Gasteiger partial charge in [0, 0.05) is 6.07 Å². The lowest BCUT2D eigenvalue weighted by Crippen LogP contribution is -2.12. The SMILES string of the molecule is CC(C)(C)CCCCCc1cc(CCCCCC2(OC=O)CC2)c(O)cc1O. The average molecular weight is 391 g/mol. The van der Waals surface area contributed by atoms with Crippen molar-refractivity contribution >= 4 is 6.47 Å². The third-order valence-corrected chi connectivity index (χ3v) is 5.84. The van der Waals surface area contributed by atoms with Crippen molar-refractivity contribution in [3.8, 4) is 11.5 Å². The first-order chi connectivity index (χ1) is 13.2. The van der Waals surface area contributed by atoms with Gasteiger partial charge < -0.3 is 14.9 Å². The molecule has 1 aromatic carbocycles. The minimum atomic E-state index is -0.164. The van der Waals surface area contributed by atoms with Crippen LogP contribution >= 0.6 is 0 Å². The van der Waals surface area contributed by atoms with Crippen LogP contribution in [0.15, 0.2) is 12.1 Å². The van der Waals surface area contributed by atoms with E-state index in [1.54, 1.807) is 0 Å². The largest absolute Gasteiger partial charge is 0.508 e. The van der Waals surface area contributed by atoms with E-state index in [0.717, 1.165) is 75.3 Å². The molecule has 0 saturated heterocycles. The number of hydrogen-bond donors (Lipinski definition) is 2. The van der Waals surface area contributed by atoms with Crippen LogP contribution in [-0.4, -0.2) is 22.3 Å². The van der Waals surface area contributed by atoms with Crippen LogP contribution in [0.2, 0.25) is 0 Å². The average Bonchev–Trinajstić information content (AvgIpc) is 3.36. The minimum Gasteiger partial charge on any atom is -0.508 e. The Morgan fingerprint density at radius 3 is 2.00 bits per heavy atom. The first-order valence-corrected chi connectivity index (χ1v) is 10.9. The predicted molar refractivity (Wildman–Crippen MR) is 113 cm³/mol. The minimum absolute atomic E-state index is 0.164. The zero-order valence-electron chi connectivity index (χ0n) is 17.9. The Balaban J connectivity index is 1.73. The molecule has 0 heterocycles. The van der Waals surface area contributed by atoms with Crippen molar-refractivity contribution < 1.29 is 19.7 Å². The molecule has 28 heavy (non-hydrogen) atoms. The summed E-state index contributed by atoms with van der Waals surface area (Å²) in [5.41, 5.74) is 2.09. The Labute approximate surface area is 170 Å². The molecule has 0 amide bonds. The van der Waals surface area contributed by atoms with Crippen molar-refractivity contribution in [3.63, 3.8) is 0 Å². The monoisotopic (exact) mass is 390 g/mol. The van der Waals surface area contributed by atoms with Gasteiger partial charge >= 0.3 is 0 Å². The Bertz CT molecular complexity index is 626. The molecule has 1 aromatic rings. The van der Waals surface area contributed by atoms with Gasteiger partial charge in [-0.2, -0.15) is 0 Å². The van der Waals surface area contributed by atoms with Crippen molar-refractivity contribution in [2.45, 2.75) is 103 Å². The van der Waals surface area contributed by atoms with Crippen LogP contribution in [0.4, 0.5) is 0 Å². The fourth-order valence-electron chi connectivity index (χ4n) is 3.83. The van der Waals surface area contributed by atoms with Gasteiger partial charge in [-0.15, -0.1) is 0 Å². The first-order valence-electron chi connectivity index (χ1n) is 10.9. The van der Waals surface area contributed by atoms with E-state index in [1.807, 2.05) is 6.07 Å². The maximum atomic E-state index is 10.5. The lowest BCUT2D eigenvalue weighted by Gasteiger charge is -2.17. The Morgan fingerprint density at radius 1 is 0.929 bits per heavy atom. The highest BCUT2D eigenvalue weighted by Gasteiger charge is 2.44. The summed E-state index contributed by atoms with van der Waals surface area (Å²) in [6.07, 6.45) is 12.3. The van der Waals surface area contributed by atoms with E-state index < -0.39 is 0 Å². The number of carbonyl (C=O) groups is 1. The Kier molecular flexibility index (Phi) is 8.21.